The van der Waals surface area contributed by atoms with Gasteiger partial charge in [0.25, 0.3) is 0 Å². The fraction of sp³-hybridized carbons (Fsp3) is 0.167. The maximum Gasteiger partial charge on any atom is 0.357 e. The number of fused-ring (bicyclic) bond motifs is 1. The van der Waals surface area contributed by atoms with Crippen molar-refractivity contribution >= 4 is 28.2 Å². The van der Waals surface area contributed by atoms with E-state index in [1.165, 1.54) is 0 Å². The second-order valence-electron chi connectivity index (χ2n) is 5.15. The van der Waals surface area contributed by atoms with E-state index in [0.717, 1.165) is 22.2 Å². The van der Waals surface area contributed by atoms with Gasteiger partial charge in [0, 0.05) is 10.9 Å². The third-order valence-electron chi connectivity index (χ3n) is 3.43. The molecule has 0 saturated heterocycles. The maximum absolute atomic E-state index is 12.2. The summed E-state index contributed by atoms with van der Waals surface area (Å²) in [5, 5.41) is 9.39. The van der Waals surface area contributed by atoms with Crippen LogP contribution in [0.15, 0.2) is 58.8 Å². The quantitative estimate of drug-likeness (QED) is 0.540. The van der Waals surface area contributed by atoms with E-state index < -0.39 is 5.97 Å². The summed E-state index contributed by atoms with van der Waals surface area (Å²) in [6.45, 7) is 4.08. The molecule has 0 unspecified atom stereocenters. The number of aromatic nitrogens is 1. The molecule has 0 amide bonds. The predicted octanol–water partition coefficient (Wildman–Crippen LogP) is 5.07. The first kappa shape index (κ1) is 15.0. The van der Waals surface area contributed by atoms with Gasteiger partial charge in [0.05, 0.1) is 12.3 Å². The van der Waals surface area contributed by atoms with E-state index in [4.69, 9.17) is 4.74 Å². The fourth-order valence-electron chi connectivity index (χ4n) is 2.35. The summed E-state index contributed by atoms with van der Waals surface area (Å²) < 4.78 is 5.11. The number of aromatic amines is 1. The molecule has 0 fully saturated rings. The van der Waals surface area contributed by atoms with E-state index in [1.807, 2.05) is 55.5 Å². The van der Waals surface area contributed by atoms with E-state index in [-0.39, 0.29) is 0 Å². The van der Waals surface area contributed by atoms with Gasteiger partial charge in [-0.3, -0.25) is 0 Å². The van der Waals surface area contributed by atoms with Crippen molar-refractivity contribution in [3.05, 3.63) is 59.8 Å². The number of esters is 1. The van der Waals surface area contributed by atoms with Gasteiger partial charge < -0.3 is 9.72 Å². The Balaban J connectivity index is 2.11. The third-order valence-corrected chi connectivity index (χ3v) is 3.43. The zero-order valence-electron chi connectivity index (χ0n) is 13.0. The van der Waals surface area contributed by atoms with Crippen molar-refractivity contribution in [2.75, 3.05) is 6.61 Å². The Morgan fingerprint density at radius 2 is 1.91 bits per heavy atom. The van der Waals surface area contributed by atoms with Gasteiger partial charge in [-0.2, -0.15) is 5.11 Å². The summed E-state index contributed by atoms with van der Waals surface area (Å²) in [5.41, 5.74) is 3.48. The number of benzene rings is 2. The largest absolute Gasteiger partial charge is 0.461 e. The topological polar surface area (TPSA) is 66.8 Å². The summed E-state index contributed by atoms with van der Waals surface area (Å²) in [6, 6.07) is 15.3. The molecule has 0 aliphatic heterocycles. The Hall–Kier alpha value is -2.95. The summed E-state index contributed by atoms with van der Waals surface area (Å²) in [5.74, 6) is -0.427. The zero-order valence-corrected chi connectivity index (χ0v) is 13.0. The van der Waals surface area contributed by atoms with Crippen LogP contribution in [0.1, 0.15) is 23.0 Å². The molecule has 0 saturated carbocycles. The van der Waals surface area contributed by atoms with Crippen LogP contribution in [0, 0.1) is 6.92 Å². The highest BCUT2D eigenvalue weighted by molar-refractivity contribution is 6.05. The van der Waals surface area contributed by atoms with Crippen LogP contribution in [0.4, 0.5) is 11.4 Å². The van der Waals surface area contributed by atoms with E-state index >= 15 is 0 Å². The molecule has 0 atom stereocenters. The minimum Gasteiger partial charge on any atom is -0.461 e. The molecule has 3 aromatic rings. The number of carbonyl (C=O) groups excluding carboxylic acids is 1. The van der Waals surface area contributed by atoms with Gasteiger partial charge in [0.1, 0.15) is 5.69 Å². The highest BCUT2D eigenvalue weighted by Gasteiger charge is 2.19. The molecule has 116 valence electrons. The Labute approximate surface area is 134 Å². The predicted molar refractivity (Wildman–Crippen MR) is 89.6 cm³/mol. The van der Waals surface area contributed by atoms with Crippen molar-refractivity contribution in [3.63, 3.8) is 0 Å². The van der Waals surface area contributed by atoms with Gasteiger partial charge in [-0.1, -0.05) is 29.8 Å². The number of ether oxygens (including phenoxy) is 1. The van der Waals surface area contributed by atoms with Gasteiger partial charge in [-0.25, -0.2) is 4.79 Å². The lowest BCUT2D eigenvalue weighted by molar-refractivity contribution is 0.0521. The Kier molecular flexibility index (Phi) is 4.19. The Morgan fingerprint density at radius 3 is 2.65 bits per heavy atom. The molecule has 5 heteroatoms. The van der Waals surface area contributed by atoms with E-state index in [0.29, 0.717) is 18.0 Å². The molecule has 2 aromatic carbocycles. The first-order valence-corrected chi connectivity index (χ1v) is 7.45. The molecule has 1 heterocycles. The SMILES string of the molecule is CCOC(=O)c1[nH]c2ccc(C)cc2c1N=Nc1ccccc1. The zero-order chi connectivity index (χ0) is 16.2. The monoisotopic (exact) mass is 307 g/mol. The molecular formula is C18H17N3O2. The summed E-state index contributed by atoms with van der Waals surface area (Å²) in [6.07, 6.45) is 0. The van der Waals surface area contributed by atoms with Gasteiger partial charge in [-0.15, -0.1) is 5.11 Å². The standard InChI is InChI=1S/C18H17N3O2/c1-3-23-18(22)17-16(21-20-13-7-5-4-6-8-13)14-11-12(2)9-10-15(14)19-17/h4-11,19H,3H2,1-2H3. The van der Waals surface area contributed by atoms with Crippen molar-refractivity contribution in [2.24, 2.45) is 10.2 Å². The van der Waals surface area contributed by atoms with E-state index in [1.54, 1.807) is 6.92 Å². The molecule has 0 bridgehead atoms. The minimum atomic E-state index is -0.427. The number of nitrogens with one attached hydrogen (secondary N) is 1. The number of hydrogen-bond donors (Lipinski definition) is 1. The molecule has 3 rings (SSSR count). The van der Waals surface area contributed by atoms with Gasteiger partial charge in [0.15, 0.2) is 5.69 Å². The normalized spacial score (nSPS) is 11.2. The number of azo groups is 1. The lowest BCUT2D eigenvalue weighted by atomic mass is 10.1. The fourth-order valence-corrected chi connectivity index (χ4v) is 2.35. The van der Waals surface area contributed by atoms with Crippen LogP contribution in [-0.4, -0.2) is 17.6 Å². The Morgan fingerprint density at radius 1 is 1.13 bits per heavy atom. The summed E-state index contributed by atoms with van der Waals surface area (Å²) in [4.78, 5) is 15.3. The van der Waals surface area contributed by atoms with E-state index in [2.05, 4.69) is 15.2 Å². The molecule has 0 radical (unpaired) electrons. The second kappa shape index (κ2) is 6.44. The molecule has 1 N–H and O–H groups in total. The van der Waals surface area contributed by atoms with Crippen molar-refractivity contribution in [3.8, 4) is 0 Å². The lowest BCUT2D eigenvalue weighted by Gasteiger charge is -2.00. The van der Waals surface area contributed by atoms with Gasteiger partial charge >= 0.3 is 5.97 Å². The van der Waals surface area contributed by atoms with Gasteiger partial charge in [0.2, 0.25) is 0 Å². The first-order chi connectivity index (χ1) is 11.2. The molecule has 0 aliphatic carbocycles. The van der Waals surface area contributed by atoms with Crippen LogP contribution in [0.5, 0.6) is 0 Å². The lowest BCUT2D eigenvalue weighted by Crippen LogP contribution is -2.04. The number of carbonyl (C=O) groups is 1. The smallest absolute Gasteiger partial charge is 0.357 e. The van der Waals surface area contributed by atoms with Crippen LogP contribution >= 0.6 is 0 Å². The molecule has 0 spiro atoms. The number of aryl methyl sites for hydroxylation is 1. The molecular weight excluding hydrogens is 290 g/mol. The Bertz CT molecular complexity index is 867. The average Bonchev–Trinajstić information content (AvgIpc) is 2.92. The number of H-pyrrole nitrogens is 1. The van der Waals surface area contributed by atoms with Crippen molar-refractivity contribution in [1.82, 2.24) is 4.98 Å². The first-order valence-electron chi connectivity index (χ1n) is 7.45. The third kappa shape index (κ3) is 3.13. The summed E-state index contributed by atoms with van der Waals surface area (Å²) in [7, 11) is 0. The number of hydrogen-bond acceptors (Lipinski definition) is 4. The van der Waals surface area contributed by atoms with Gasteiger partial charge in [-0.05, 0) is 38.1 Å². The average molecular weight is 307 g/mol. The molecule has 5 nitrogen and oxygen atoms in total. The second-order valence-corrected chi connectivity index (χ2v) is 5.15. The highest BCUT2D eigenvalue weighted by Crippen LogP contribution is 2.33. The van der Waals surface area contributed by atoms with Crippen molar-refractivity contribution < 1.29 is 9.53 Å². The number of rotatable bonds is 4. The van der Waals surface area contributed by atoms with Crippen molar-refractivity contribution in [2.45, 2.75) is 13.8 Å². The molecule has 0 aliphatic rings. The van der Waals surface area contributed by atoms with Crippen molar-refractivity contribution in [1.29, 1.82) is 0 Å². The van der Waals surface area contributed by atoms with Crippen LogP contribution < -0.4 is 0 Å². The van der Waals surface area contributed by atoms with Crippen LogP contribution in [0.25, 0.3) is 10.9 Å². The summed E-state index contributed by atoms with van der Waals surface area (Å²) >= 11 is 0. The van der Waals surface area contributed by atoms with E-state index in [9.17, 15) is 4.79 Å². The molecule has 1 aromatic heterocycles. The van der Waals surface area contributed by atoms with Crippen LogP contribution in [0.2, 0.25) is 0 Å². The highest BCUT2D eigenvalue weighted by atomic mass is 16.5. The minimum absolute atomic E-state index is 0.308. The van der Waals surface area contributed by atoms with Crippen LogP contribution in [0.3, 0.4) is 0 Å². The number of nitrogens with zero attached hydrogens (tertiary/aromatic N) is 2. The van der Waals surface area contributed by atoms with Crippen LogP contribution in [-0.2, 0) is 4.74 Å². The molecule has 23 heavy (non-hydrogen) atoms. The maximum atomic E-state index is 12.2.